The fourth-order valence-electron chi connectivity index (χ4n) is 9.51. The lowest BCUT2D eigenvalue weighted by Crippen LogP contribution is -2.13. The second-order valence-corrected chi connectivity index (χ2v) is 18.1. The molecule has 2 heterocycles. The molecule has 1 nitrogen and oxygen atoms in total. The number of nitrogens with zero attached hydrogens (tertiary/aromatic N) is 1. The first kappa shape index (κ1) is 37.2. The van der Waals surface area contributed by atoms with Gasteiger partial charge >= 0.3 is 0 Å². The molecule has 63 heavy (non-hydrogen) atoms. The first-order valence-electron chi connectivity index (χ1n) is 21.4. The normalized spacial score (nSPS) is 11.5. The van der Waals surface area contributed by atoms with Crippen molar-refractivity contribution in [3.05, 3.63) is 237 Å². The van der Waals surface area contributed by atoms with Crippen LogP contribution in [0.3, 0.4) is 0 Å². The summed E-state index contributed by atoms with van der Waals surface area (Å²) in [6.07, 6.45) is 0. The minimum atomic E-state index is 1.08. The Hall–Kier alpha value is -7.56. The van der Waals surface area contributed by atoms with Gasteiger partial charge in [0.1, 0.15) is 0 Å². The van der Waals surface area contributed by atoms with Gasteiger partial charge in [0.25, 0.3) is 0 Å². The molecule has 0 saturated heterocycles. The Labute approximate surface area is 375 Å². The molecule has 0 spiro atoms. The Balaban J connectivity index is 1.13. The molecular weight excluding hydrogens is 799 g/mol. The van der Waals surface area contributed by atoms with E-state index < -0.39 is 0 Å². The quantitative estimate of drug-likeness (QED) is 0.147. The van der Waals surface area contributed by atoms with Crippen LogP contribution in [0.2, 0.25) is 0 Å². The third kappa shape index (κ3) is 6.44. The number of fused-ring (bicyclic) bond motifs is 6. The van der Waals surface area contributed by atoms with E-state index in [1.165, 1.54) is 96.0 Å². The molecule has 0 fully saturated rings. The van der Waals surface area contributed by atoms with Crippen LogP contribution in [0.5, 0.6) is 0 Å². The Morgan fingerprint density at radius 1 is 0.270 bits per heavy atom. The highest BCUT2D eigenvalue weighted by Gasteiger charge is 2.25. The maximum Gasteiger partial charge on any atom is 0.0546 e. The molecule has 296 valence electrons. The van der Waals surface area contributed by atoms with Crippen LogP contribution in [-0.4, -0.2) is 0 Å². The predicted molar refractivity (Wildman–Crippen MR) is 274 cm³/mol. The van der Waals surface area contributed by atoms with Crippen LogP contribution in [0.4, 0.5) is 17.1 Å². The van der Waals surface area contributed by atoms with E-state index in [-0.39, 0.29) is 0 Å². The van der Waals surface area contributed by atoms with Crippen molar-refractivity contribution in [1.82, 2.24) is 0 Å². The summed E-state index contributed by atoms with van der Waals surface area (Å²) in [5.74, 6) is 0. The summed E-state index contributed by atoms with van der Waals surface area (Å²) in [6.45, 7) is 0. The molecule has 12 aromatic rings. The Morgan fingerprint density at radius 3 is 1.54 bits per heavy atom. The van der Waals surface area contributed by atoms with Gasteiger partial charge in [-0.2, -0.15) is 0 Å². The van der Waals surface area contributed by atoms with Crippen molar-refractivity contribution in [2.24, 2.45) is 0 Å². The maximum atomic E-state index is 2.51. The Bertz CT molecular complexity index is 3620. The first-order chi connectivity index (χ1) is 31.3. The van der Waals surface area contributed by atoms with Gasteiger partial charge in [0, 0.05) is 62.7 Å². The van der Waals surface area contributed by atoms with Gasteiger partial charge in [-0.3, -0.25) is 0 Å². The van der Waals surface area contributed by atoms with Crippen LogP contribution in [0.1, 0.15) is 0 Å². The van der Waals surface area contributed by atoms with Crippen molar-refractivity contribution < 1.29 is 0 Å². The lowest BCUT2D eigenvalue weighted by molar-refractivity contribution is 1.28. The van der Waals surface area contributed by atoms with Gasteiger partial charge in [-0.05, 0) is 81.4 Å². The number of hydrogen-bond acceptors (Lipinski definition) is 3. The number of benzene rings is 10. The van der Waals surface area contributed by atoms with E-state index in [9.17, 15) is 0 Å². The predicted octanol–water partition coefficient (Wildman–Crippen LogP) is 18.2. The summed E-state index contributed by atoms with van der Waals surface area (Å²) in [5, 5.41) is 5.22. The van der Waals surface area contributed by atoms with Crippen LogP contribution in [-0.2, 0) is 0 Å². The summed E-state index contributed by atoms with van der Waals surface area (Å²) in [4.78, 5) is 2.51. The number of anilines is 3. The Morgan fingerprint density at radius 2 is 0.762 bits per heavy atom. The van der Waals surface area contributed by atoms with Crippen LogP contribution in [0.25, 0.3) is 96.0 Å². The molecule has 0 amide bonds. The topological polar surface area (TPSA) is 3.24 Å². The van der Waals surface area contributed by atoms with E-state index in [4.69, 9.17) is 0 Å². The van der Waals surface area contributed by atoms with Gasteiger partial charge in [-0.25, -0.2) is 0 Å². The molecule has 2 aromatic heterocycles. The van der Waals surface area contributed by atoms with E-state index in [1.54, 1.807) is 0 Å². The molecular formula is C60H39NS2. The number of rotatable bonds is 8. The van der Waals surface area contributed by atoms with Crippen LogP contribution < -0.4 is 4.90 Å². The van der Waals surface area contributed by atoms with Gasteiger partial charge in [-0.15, -0.1) is 22.7 Å². The molecule has 0 saturated carbocycles. The van der Waals surface area contributed by atoms with E-state index >= 15 is 0 Å². The highest BCUT2D eigenvalue weighted by atomic mass is 32.1. The zero-order valence-electron chi connectivity index (χ0n) is 34.3. The average Bonchev–Trinajstić information content (AvgIpc) is 3.94. The number of hydrogen-bond donors (Lipinski definition) is 0. The van der Waals surface area contributed by atoms with Crippen LogP contribution in [0, 0.1) is 0 Å². The monoisotopic (exact) mass is 837 g/mol. The average molecular weight is 838 g/mol. The van der Waals surface area contributed by atoms with Crippen molar-refractivity contribution in [2.75, 3.05) is 4.90 Å². The highest BCUT2D eigenvalue weighted by Crippen LogP contribution is 2.51. The summed E-state index contributed by atoms with van der Waals surface area (Å²) < 4.78 is 5.22. The van der Waals surface area contributed by atoms with Gasteiger partial charge in [-0.1, -0.05) is 194 Å². The van der Waals surface area contributed by atoms with E-state index in [1.807, 2.05) is 22.7 Å². The lowest BCUT2D eigenvalue weighted by atomic mass is 9.87. The SMILES string of the molecule is c1ccc(-c2ccccc2-c2c(-c3ccccc3)cccc2N(c2ccc(-c3cccc4sc5ccccc5c34)cc2)c2ccccc2-c2cccc3c2sc2ccccc23)cc1. The van der Waals surface area contributed by atoms with E-state index in [0.717, 1.165) is 17.1 Å². The highest BCUT2D eigenvalue weighted by molar-refractivity contribution is 7.26. The first-order valence-corrected chi connectivity index (χ1v) is 23.1. The van der Waals surface area contributed by atoms with Crippen molar-refractivity contribution in [1.29, 1.82) is 0 Å². The van der Waals surface area contributed by atoms with Gasteiger partial charge in [0.05, 0.1) is 11.4 Å². The standard InChI is InChI=1S/C60H39NS2/c1-3-18-40(19-4-1)44-22-7-8-25-49(44)58-45(41-20-5-2-6-21-41)27-16-32-54(58)61(43-38-36-42(37-39-43)46-28-17-35-57-59(46)52-26-11-14-34-56(52)62-57)53-31-12-9-23-47(53)50-29-15-30-51-48-24-10-13-33-55(48)63-60(50)51/h1-39H. The zero-order valence-corrected chi connectivity index (χ0v) is 35.9. The molecule has 0 aliphatic carbocycles. The fourth-order valence-corrected chi connectivity index (χ4v) is 11.9. The van der Waals surface area contributed by atoms with Crippen LogP contribution in [0.15, 0.2) is 237 Å². The summed E-state index contributed by atoms with van der Waals surface area (Å²) in [5.41, 5.74) is 15.3. The number of thiophene rings is 2. The molecule has 10 aromatic carbocycles. The Kier molecular flexibility index (Phi) is 9.29. The minimum absolute atomic E-state index is 1.08. The zero-order chi connectivity index (χ0) is 41.7. The smallest absolute Gasteiger partial charge is 0.0546 e. The largest absolute Gasteiger partial charge is 0.309 e. The summed E-state index contributed by atoms with van der Waals surface area (Å²) >= 11 is 3.74. The molecule has 0 N–H and O–H groups in total. The minimum Gasteiger partial charge on any atom is -0.309 e. The van der Waals surface area contributed by atoms with Gasteiger partial charge in [0.2, 0.25) is 0 Å². The third-order valence-electron chi connectivity index (χ3n) is 12.3. The van der Waals surface area contributed by atoms with E-state index in [0.29, 0.717) is 0 Å². The maximum absolute atomic E-state index is 2.51. The van der Waals surface area contributed by atoms with Crippen molar-refractivity contribution >= 4 is 80.1 Å². The summed E-state index contributed by atoms with van der Waals surface area (Å²) in [6, 6.07) is 86.7. The molecule has 0 aliphatic heterocycles. The molecule has 3 heteroatoms. The van der Waals surface area contributed by atoms with E-state index in [2.05, 4.69) is 241 Å². The molecule has 12 rings (SSSR count). The molecule has 0 bridgehead atoms. The molecule has 0 atom stereocenters. The second-order valence-electron chi connectivity index (χ2n) is 15.9. The fraction of sp³-hybridized carbons (Fsp3) is 0. The lowest BCUT2D eigenvalue weighted by Gasteiger charge is -2.31. The van der Waals surface area contributed by atoms with Crippen LogP contribution >= 0.6 is 22.7 Å². The molecule has 0 radical (unpaired) electrons. The van der Waals surface area contributed by atoms with Gasteiger partial charge < -0.3 is 4.90 Å². The van der Waals surface area contributed by atoms with Crippen molar-refractivity contribution in [3.8, 4) is 55.6 Å². The summed E-state index contributed by atoms with van der Waals surface area (Å²) in [7, 11) is 0. The third-order valence-corrected chi connectivity index (χ3v) is 14.7. The number of para-hydroxylation sites is 1. The van der Waals surface area contributed by atoms with Gasteiger partial charge in [0.15, 0.2) is 0 Å². The second kappa shape index (κ2) is 15.7. The van der Waals surface area contributed by atoms with Crippen molar-refractivity contribution in [2.45, 2.75) is 0 Å². The molecule has 0 unspecified atom stereocenters. The van der Waals surface area contributed by atoms with Crippen molar-refractivity contribution in [3.63, 3.8) is 0 Å². The molecule has 0 aliphatic rings.